The number of nitrogen functional groups attached to an aromatic ring is 1. The molecule has 3 N–H and O–H groups in total. The van der Waals surface area contributed by atoms with Crippen LogP contribution in [0.25, 0.3) is 11.1 Å². The molecule has 0 radical (unpaired) electrons. The van der Waals surface area contributed by atoms with Crippen LogP contribution >= 0.6 is 0 Å². The Morgan fingerprint density at radius 2 is 1.62 bits per heavy atom. The molecule has 162 valence electrons. The summed E-state index contributed by atoms with van der Waals surface area (Å²) >= 11 is 0. The van der Waals surface area contributed by atoms with Gasteiger partial charge < -0.3 is 15.7 Å². The smallest absolute Gasteiger partial charge is 0.335 e. The summed E-state index contributed by atoms with van der Waals surface area (Å²) in [6, 6.07) is 22.1. The van der Waals surface area contributed by atoms with Gasteiger partial charge >= 0.3 is 5.97 Å². The summed E-state index contributed by atoms with van der Waals surface area (Å²) in [5.41, 5.74) is 11.5. The van der Waals surface area contributed by atoms with Gasteiger partial charge in [-0.3, -0.25) is 4.79 Å². The van der Waals surface area contributed by atoms with Gasteiger partial charge in [-0.2, -0.15) is 0 Å². The average molecular weight is 427 g/mol. The van der Waals surface area contributed by atoms with Crippen LogP contribution < -0.4 is 10.6 Å². The van der Waals surface area contributed by atoms with Crippen LogP contribution in [-0.4, -0.2) is 17.0 Å². The number of carboxylic acids is 1. The number of nitrogens with zero attached hydrogens (tertiary/aromatic N) is 1. The Morgan fingerprint density at radius 3 is 2.28 bits per heavy atom. The molecular formula is C27H26N2O3. The first-order valence-corrected chi connectivity index (χ1v) is 10.5. The third-order valence-electron chi connectivity index (χ3n) is 5.64. The summed E-state index contributed by atoms with van der Waals surface area (Å²) < 4.78 is 0. The first-order chi connectivity index (χ1) is 15.2. The van der Waals surface area contributed by atoms with Crippen LogP contribution in [0.4, 0.5) is 11.4 Å². The minimum atomic E-state index is -0.987. The van der Waals surface area contributed by atoms with E-state index in [0.29, 0.717) is 17.8 Å². The number of benzene rings is 3. The second-order valence-corrected chi connectivity index (χ2v) is 9.04. The Labute approximate surface area is 187 Å². The molecule has 5 heteroatoms. The number of allylic oxidation sites excluding steroid dienone is 1. The molecule has 4 rings (SSSR count). The second-order valence-electron chi connectivity index (χ2n) is 9.04. The summed E-state index contributed by atoms with van der Waals surface area (Å²) in [6.07, 6.45) is 0. The van der Waals surface area contributed by atoms with Gasteiger partial charge in [0.2, 0.25) is 0 Å². The number of hydrogen-bond donors (Lipinski definition) is 2. The fourth-order valence-corrected chi connectivity index (χ4v) is 4.27. The maximum Gasteiger partial charge on any atom is 0.335 e. The van der Waals surface area contributed by atoms with E-state index in [0.717, 1.165) is 28.0 Å². The highest BCUT2D eigenvalue weighted by Gasteiger charge is 2.37. The summed E-state index contributed by atoms with van der Waals surface area (Å²) in [5.74, 6) is -1.08. The van der Waals surface area contributed by atoms with Gasteiger partial charge in [0.15, 0.2) is 0 Å². The van der Waals surface area contributed by atoms with Crippen LogP contribution in [0.1, 0.15) is 47.8 Å². The van der Waals surface area contributed by atoms with E-state index in [2.05, 4.69) is 20.8 Å². The third-order valence-corrected chi connectivity index (χ3v) is 5.64. The molecule has 0 aromatic heterocycles. The summed E-state index contributed by atoms with van der Waals surface area (Å²) in [6.45, 7) is 6.58. The van der Waals surface area contributed by atoms with E-state index in [9.17, 15) is 14.7 Å². The normalized spacial score (nSPS) is 15.0. The lowest BCUT2D eigenvalue weighted by Gasteiger charge is -2.26. The molecule has 3 aromatic rings. The van der Waals surface area contributed by atoms with E-state index in [-0.39, 0.29) is 16.9 Å². The Kier molecular flexibility index (Phi) is 5.35. The van der Waals surface area contributed by atoms with Gasteiger partial charge in [-0.15, -0.1) is 0 Å². The van der Waals surface area contributed by atoms with Crippen molar-refractivity contribution < 1.29 is 14.7 Å². The van der Waals surface area contributed by atoms with Crippen molar-refractivity contribution >= 4 is 34.4 Å². The molecule has 1 aliphatic heterocycles. The predicted octanol–water partition coefficient (Wildman–Crippen LogP) is 5.47. The van der Waals surface area contributed by atoms with Crippen molar-refractivity contribution in [2.45, 2.75) is 27.3 Å². The highest BCUT2D eigenvalue weighted by molar-refractivity contribution is 6.38. The van der Waals surface area contributed by atoms with Crippen molar-refractivity contribution in [3.63, 3.8) is 0 Å². The van der Waals surface area contributed by atoms with Crippen molar-refractivity contribution in [1.29, 1.82) is 0 Å². The fraction of sp³-hybridized carbons (Fsp3) is 0.185. The maximum atomic E-state index is 13.8. The quantitative estimate of drug-likeness (QED) is 0.428. The lowest BCUT2D eigenvalue weighted by molar-refractivity contribution is -0.113. The number of rotatable bonds is 4. The van der Waals surface area contributed by atoms with E-state index in [1.165, 1.54) is 0 Å². The first-order valence-electron chi connectivity index (χ1n) is 10.5. The van der Waals surface area contributed by atoms with Crippen LogP contribution in [-0.2, 0) is 11.3 Å². The van der Waals surface area contributed by atoms with E-state index >= 15 is 0 Å². The first kappa shape index (κ1) is 21.4. The Balaban J connectivity index is 1.87. The zero-order valence-electron chi connectivity index (χ0n) is 18.4. The lowest BCUT2D eigenvalue weighted by atomic mass is 9.78. The molecule has 0 saturated carbocycles. The lowest BCUT2D eigenvalue weighted by Crippen LogP contribution is -2.27. The summed E-state index contributed by atoms with van der Waals surface area (Å²) in [5, 5.41) is 9.33. The topological polar surface area (TPSA) is 83.6 Å². The number of carbonyl (C=O) groups excluding carboxylic acids is 1. The number of amides is 1. The van der Waals surface area contributed by atoms with Crippen molar-refractivity contribution in [2.75, 3.05) is 10.6 Å². The molecule has 0 unspecified atom stereocenters. The van der Waals surface area contributed by atoms with E-state index in [1.54, 1.807) is 23.1 Å². The molecule has 0 aliphatic carbocycles. The van der Waals surface area contributed by atoms with Crippen LogP contribution in [0.3, 0.4) is 0 Å². The number of aromatic carboxylic acids is 1. The predicted molar refractivity (Wildman–Crippen MR) is 128 cm³/mol. The standard InChI is InChI=1S/C27H26N2O3/c1-27(2,3)24(18-11-13-20(28)14-12-18)23-21-9-4-5-10-22(21)29(25(23)30)16-17-7-6-8-19(15-17)26(31)32/h4-15H,16,28H2,1-3H3,(H,31,32)/b24-23-. The molecule has 0 bridgehead atoms. The van der Waals surface area contributed by atoms with E-state index < -0.39 is 5.97 Å². The van der Waals surface area contributed by atoms with Crippen LogP contribution in [0.5, 0.6) is 0 Å². The number of nitrogens with two attached hydrogens (primary N) is 1. The SMILES string of the molecule is CC(C)(C)/C(=C1\C(=O)N(Cc2cccc(C(=O)O)c2)c2ccccc21)c1ccc(N)cc1. The minimum absolute atomic E-state index is 0.0892. The van der Waals surface area contributed by atoms with Gasteiger partial charge in [-0.1, -0.05) is 63.2 Å². The van der Waals surface area contributed by atoms with Crippen molar-refractivity contribution in [3.8, 4) is 0 Å². The number of para-hydroxylation sites is 1. The monoisotopic (exact) mass is 426 g/mol. The maximum absolute atomic E-state index is 13.8. The number of fused-ring (bicyclic) bond motifs is 1. The molecule has 1 aliphatic rings. The summed E-state index contributed by atoms with van der Waals surface area (Å²) in [4.78, 5) is 27.0. The molecule has 32 heavy (non-hydrogen) atoms. The third kappa shape index (κ3) is 3.89. The van der Waals surface area contributed by atoms with Gasteiger partial charge in [-0.05, 0) is 52.4 Å². The van der Waals surface area contributed by atoms with E-state index in [1.807, 2.05) is 54.6 Å². The number of carboxylic acid groups (broad SMARTS) is 1. The van der Waals surface area contributed by atoms with Gasteiger partial charge in [0.05, 0.1) is 23.4 Å². The fourth-order valence-electron chi connectivity index (χ4n) is 4.27. The number of anilines is 2. The summed E-state index contributed by atoms with van der Waals surface area (Å²) in [7, 11) is 0. The number of carbonyl (C=O) groups is 2. The Bertz CT molecular complexity index is 1230. The molecule has 1 heterocycles. The molecule has 0 fully saturated rings. The van der Waals surface area contributed by atoms with Gasteiger partial charge in [0, 0.05) is 11.3 Å². The second kappa shape index (κ2) is 8.00. The van der Waals surface area contributed by atoms with Crippen LogP contribution in [0.2, 0.25) is 0 Å². The zero-order valence-corrected chi connectivity index (χ0v) is 18.4. The van der Waals surface area contributed by atoms with Crippen LogP contribution in [0.15, 0.2) is 72.8 Å². The molecule has 1 amide bonds. The minimum Gasteiger partial charge on any atom is -0.478 e. The van der Waals surface area contributed by atoms with Crippen molar-refractivity contribution in [3.05, 3.63) is 95.1 Å². The zero-order chi connectivity index (χ0) is 23.0. The molecule has 0 spiro atoms. The largest absolute Gasteiger partial charge is 0.478 e. The van der Waals surface area contributed by atoms with E-state index in [4.69, 9.17) is 5.73 Å². The van der Waals surface area contributed by atoms with Crippen LogP contribution in [0, 0.1) is 5.41 Å². The number of hydrogen-bond acceptors (Lipinski definition) is 3. The highest BCUT2D eigenvalue weighted by Crippen LogP contribution is 2.47. The van der Waals surface area contributed by atoms with Gasteiger partial charge in [0.25, 0.3) is 5.91 Å². The highest BCUT2D eigenvalue weighted by atomic mass is 16.4. The molecule has 5 nitrogen and oxygen atoms in total. The molecular weight excluding hydrogens is 400 g/mol. The average Bonchev–Trinajstić information content (AvgIpc) is 3.01. The van der Waals surface area contributed by atoms with Crippen molar-refractivity contribution in [2.24, 2.45) is 5.41 Å². The molecule has 0 saturated heterocycles. The Hall–Kier alpha value is -3.86. The van der Waals surface area contributed by atoms with Gasteiger partial charge in [0.1, 0.15) is 0 Å². The van der Waals surface area contributed by atoms with Crippen molar-refractivity contribution in [1.82, 2.24) is 0 Å². The molecule has 0 atom stereocenters. The Morgan fingerprint density at radius 1 is 0.938 bits per heavy atom. The molecule has 3 aromatic carbocycles. The van der Waals surface area contributed by atoms with Gasteiger partial charge in [-0.25, -0.2) is 4.79 Å².